The molecule has 0 unspecified atom stereocenters. The van der Waals surface area contributed by atoms with Crippen molar-refractivity contribution in [3.8, 4) is 5.75 Å². The van der Waals surface area contributed by atoms with Crippen molar-refractivity contribution in [2.75, 3.05) is 18.6 Å². The second-order valence-electron chi connectivity index (χ2n) is 6.55. The van der Waals surface area contributed by atoms with Gasteiger partial charge in [-0.15, -0.1) is 0 Å². The minimum atomic E-state index is -0.944. The van der Waals surface area contributed by atoms with E-state index in [0.717, 1.165) is 0 Å². The van der Waals surface area contributed by atoms with E-state index in [0.29, 0.717) is 22.0 Å². The fourth-order valence-electron chi connectivity index (χ4n) is 3.05. The number of carbonyl (C=O) groups excluding carboxylic acids is 3. The molecule has 0 saturated carbocycles. The second kappa shape index (κ2) is 8.44. The maximum absolute atomic E-state index is 12.5. The van der Waals surface area contributed by atoms with Crippen LogP contribution in [-0.2, 0) is 14.3 Å². The smallest absolute Gasteiger partial charge is 0.312 e. The number of methoxy groups -OCH3 is 1. The number of carbonyl (C=O) groups is 3. The summed E-state index contributed by atoms with van der Waals surface area (Å²) in [5.74, 6) is -1.02. The van der Waals surface area contributed by atoms with Crippen LogP contribution in [0.15, 0.2) is 48.5 Å². The molecule has 0 radical (unpaired) electrons. The standard InChI is InChI=1S/C21H20ClNO5/c1-13(20(25)14-3-9-18(27-2)10-4-14)28-21(26)15-11-19(24)23(12-15)17-7-5-16(22)6-8-17/h3-10,13,15H,11-12H2,1-2H3/t13-,15-/m0/s1. The molecule has 1 saturated heterocycles. The summed E-state index contributed by atoms with van der Waals surface area (Å²) in [4.78, 5) is 38.8. The van der Waals surface area contributed by atoms with E-state index in [1.807, 2.05) is 0 Å². The van der Waals surface area contributed by atoms with Gasteiger partial charge in [0.2, 0.25) is 11.7 Å². The third-order valence-electron chi connectivity index (χ3n) is 4.63. The molecule has 146 valence electrons. The zero-order valence-electron chi connectivity index (χ0n) is 15.6. The Morgan fingerprint density at radius 2 is 1.75 bits per heavy atom. The number of ketones is 1. The molecule has 1 amide bonds. The predicted octanol–water partition coefficient (Wildman–Crippen LogP) is 3.52. The highest BCUT2D eigenvalue weighted by atomic mass is 35.5. The lowest BCUT2D eigenvalue weighted by molar-refractivity contribution is -0.151. The second-order valence-corrected chi connectivity index (χ2v) is 6.99. The Morgan fingerprint density at radius 3 is 2.36 bits per heavy atom. The van der Waals surface area contributed by atoms with Gasteiger partial charge in [-0.25, -0.2) is 0 Å². The minimum absolute atomic E-state index is 0.0465. The van der Waals surface area contributed by atoms with Gasteiger partial charge in [-0.2, -0.15) is 0 Å². The predicted molar refractivity (Wildman–Crippen MR) is 105 cm³/mol. The number of ether oxygens (including phenoxy) is 2. The number of nitrogens with zero attached hydrogens (tertiary/aromatic N) is 1. The normalized spacial score (nSPS) is 17.3. The summed E-state index contributed by atoms with van der Waals surface area (Å²) in [7, 11) is 1.54. The van der Waals surface area contributed by atoms with E-state index >= 15 is 0 Å². The van der Waals surface area contributed by atoms with Crippen LogP contribution in [0.1, 0.15) is 23.7 Å². The van der Waals surface area contributed by atoms with Gasteiger partial charge in [0.1, 0.15) is 5.75 Å². The van der Waals surface area contributed by atoms with Gasteiger partial charge in [0.15, 0.2) is 6.10 Å². The van der Waals surface area contributed by atoms with Crippen molar-refractivity contribution in [2.45, 2.75) is 19.4 Å². The fourth-order valence-corrected chi connectivity index (χ4v) is 3.18. The number of hydrogen-bond donors (Lipinski definition) is 0. The van der Waals surface area contributed by atoms with Crippen molar-refractivity contribution in [3.05, 3.63) is 59.1 Å². The Morgan fingerprint density at radius 1 is 1.11 bits per heavy atom. The molecule has 1 aliphatic rings. The quantitative estimate of drug-likeness (QED) is 0.547. The van der Waals surface area contributed by atoms with Gasteiger partial charge in [0, 0.05) is 29.2 Å². The zero-order valence-corrected chi connectivity index (χ0v) is 16.3. The highest BCUT2D eigenvalue weighted by Gasteiger charge is 2.37. The molecule has 28 heavy (non-hydrogen) atoms. The van der Waals surface area contributed by atoms with Gasteiger partial charge in [-0.05, 0) is 55.5 Å². The molecule has 0 aromatic heterocycles. The summed E-state index contributed by atoms with van der Waals surface area (Å²) in [6.45, 7) is 1.74. The molecule has 1 fully saturated rings. The molecule has 0 spiro atoms. The van der Waals surface area contributed by atoms with Crippen LogP contribution in [0.5, 0.6) is 5.75 Å². The molecular weight excluding hydrogens is 382 g/mol. The molecule has 1 heterocycles. The third-order valence-corrected chi connectivity index (χ3v) is 4.89. The van der Waals surface area contributed by atoms with Crippen LogP contribution in [-0.4, -0.2) is 37.4 Å². The molecule has 3 rings (SSSR count). The lowest BCUT2D eigenvalue weighted by Crippen LogP contribution is -2.30. The van der Waals surface area contributed by atoms with E-state index in [2.05, 4.69) is 0 Å². The topological polar surface area (TPSA) is 72.9 Å². The van der Waals surface area contributed by atoms with Crippen LogP contribution >= 0.6 is 11.6 Å². The molecule has 2 aromatic carbocycles. The van der Waals surface area contributed by atoms with Crippen LogP contribution in [0.2, 0.25) is 5.02 Å². The maximum atomic E-state index is 12.5. The number of Topliss-reactive ketones (excluding diaryl/α,β-unsaturated/α-hetero) is 1. The van der Waals surface area contributed by atoms with Crippen molar-refractivity contribution >= 4 is 34.9 Å². The lowest BCUT2D eigenvalue weighted by Gasteiger charge is -2.18. The van der Waals surface area contributed by atoms with Gasteiger partial charge in [-0.1, -0.05) is 11.6 Å². The van der Waals surface area contributed by atoms with Gasteiger partial charge in [0.05, 0.1) is 13.0 Å². The molecule has 0 bridgehead atoms. The van der Waals surface area contributed by atoms with Crippen LogP contribution in [0.4, 0.5) is 5.69 Å². The summed E-state index contributed by atoms with van der Waals surface area (Å²) in [6, 6.07) is 13.4. The Bertz CT molecular complexity index is 879. The van der Waals surface area contributed by atoms with Crippen LogP contribution in [0, 0.1) is 5.92 Å². The molecule has 6 nitrogen and oxygen atoms in total. The molecule has 0 N–H and O–H groups in total. The molecule has 2 aromatic rings. The van der Waals surface area contributed by atoms with E-state index in [9.17, 15) is 14.4 Å². The number of amides is 1. The molecule has 0 aliphatic carbocycles. The summed E-state index contributed by atoms with van der Waals surface area (Å²) in [6.07, 6.45) is -0.897. The van der Waals surface area contributed by atoms with E-state index in [4.69, 9.17) is 21.1 Å². The van der Waals surface area contributed by atoms with Gasteiger partial charge >= 0.3 is 5.97 Å². The average Bonchev–Trinajstić information content (AvgIpc) is 3.10. The van der Waals surface area contributed by atoms with Crippen LogP contribution < -0.4 is 9.64 Å². The Kier molecular flexibility index (Phi) is 5.99. The van der Waals surface area contributed by atoms with Crippen molar-refractivity contribution in [1.82, 2.24) is 0 Å². The van der Waals surface area contributed by atoms with Gasteiger partial charge in [-0.3, -0.25) is 14.4 Å². The van der Waals surface area contributed by atoms with Crippen molar-refractivity contribution in [3.63, 3.8) is 0 Å². The summed E-state index contributed by atoms with van der Waals surface area (Å²) >= 11 is 5.87. The fraction of sp³-hybridized carbons (Fsp3) is 0.286. The molecule has 2 atom stereocenters. The van der Waals surface area contributed by atoms with Crippen LogP contribution in [0.25, 0.3) is 0 Å². The molecule has 1 aliphatic heterocycles. The minimum Gasteiger partial charge on any atom is -0.497 e. The first kappa shape index (κ1) is 19.9. The Balaban J connectivity index is 1.61. The SMILES string of the molecule is COc1ccc(C(=O)[C@H](C)OC(=O)[C@H]2CC(=O)N(c3ccc(Cl)cc3)C2)cc1. The Labute approximate surface area is 168 Å². The van der Waals surface area contributed by atoms with Crippen LogP contribution in [0.3, 0.4) is 0 Å². The summed E-state index contributed by atoms with van der Waals surface area (Å²) < 4.78 is 10.4. The van der Waals surface area contributed by atoms with Gasteiger partial charge < -0.3 is 14.4 Å². The zero-order chi connectivity index (χ0) is 20.3. The highest BCUT2D eigenvalue weighted by Crippen LogP contribution is 2.27. The summed E-state index contributed by atoms with van der Waals surface area (Å²) in [5, 5.41) is 0.567. The van der Waals surface area contributed by atoms with E-state index in [-0.39, 0.29) is 24.7 Å². The van der Waals surface area contributed by atoms with E-state index in [1.54, 1.807) is 48.5 Å². The number of rotatable bonds is 6. The maximum Gasteiger partial charge on any atom is 0.312 e. The first-order chi connectivity index (χ1) is 13.4. The number of anilines is 1. The number of halogens is 1. The Hall–Kier alpha value is -2.86. The van der Waals surface area contributed by atoms with Crippen molar-refractivity contribution in [1.29, 1.82) is 0 Å². The first-order valence-corrected chi connectivity index (χ1v) is 9.21. The van der Waals surface area contributed by atoms with Crippen molar-refractivity contribution < 1.29 is 23.9 Å². The molecular formula is C21H20ClNO5. The van der Waals surface area contributed by atoms with Gasteiger partial charge in [0.25, 0.3) is 0 Å². The number of esters is 1. The number of hydrogen-bond acceptors (Lipinski definition) is 5. The lowest BCUT2D eigenvalue weighted by atomic mass is 10.1. The summed E-state index contributed by atoms with van der Waals surface area (Å²) in [5.41, 5.74) is 1.10. The van der Waals surface area contributed by atoms with E-state index < -0.39 is 18.0 Å². The number of benzene rings is 2. The highest BCUT2D eigenvalue weighted by molar-refractivity contribution is 6.30. The third kappa shape index (κ3) is 4.34. The largest absolute Gasteiger partial charge is 0.497 e. The van der Waals surface area contributed by atoms with E-state index in [1.165, 1.54) is 18.9 Å². The molecule has 7 heteroatoms. The van der Waals surface area contributed by atoms with Crippen molar-refractivity contribution in [2.24, 2.45) is 5.92 Å². The monoisotopic (exact) mass is 401 g/mol. The average molecular weight is 402 g/mol. The first-order valence-electron chi connectivity index (χ1n) is 8.83.